The SMILES string of the molecule is C[C@H](C(=O)Nc1ccc(F)cc1)N1CCN(Cc2cccc(Cl)c2)CC1. The smallest absolute Gasteiger partial charge is 0.241 e. The van der Waals surface area contributed by atoms with Crippen LogP contribution in [0, 0.1) is 5.82 Å². The summed E-state index contributed by atoms with van der Waals surface area (Å²) in [7, 11) is 0. The number of rotatable bonds is 5. The van der Waals surface area contributed by atoms with E-state index in [2.05, 4.69) is 21.2 Å². The standard InChI is InChI=1S/C20H23ClFN3O/c1-15(20(26)23-19-7-5-18(22)6-8-19)25-11-9-24(10-12-25)14-16-3-2-4-17(21)13-16/h2-8,13,15H,9-12,14H2,1H3,(H,23,26)/t15-/m1/s1. The van der Waals surface area contributed by atoms with Crippen molar-refractivity contribution < 1.29 is 9.18 Å². The second-order valence-electron chi connectivity index (χ2n) is 6.61. The van der Waals surface area contributed by atoms with Crippen LogP contribution in [-0.4, -0.2) is 47.9 Å². The molecule has 1 heterocycles. The molecular formula is C20H23ClFN3O. The predicted molar refractivity (Wildman–Crippen MR) is 103 cm³/mol. The molecule has 0 bridgehead atoms. The van der Waals surface area contributed by atoms with Crippen LogP contribution in [0.15, 0.2) is 48.5 Å². The Morgan fingerprint density at radius 2 is 1.85 bits per heavy atom. The summed E-state index contributed by atoms with van der Waals surface area (Å²) in [6.07, 6.45) is 0. The maximum Gasteiger partial charge on any atom is 0.241 e. The first kappa shape index (κ1) is 18.8. The molecule has 1 N–H and O–H groups in total. The molecule has 2 aromatic rings. The molecule has 1 atom stereocenters. The molecule has 6 heteroatoms. The zero-order valence-corrected chi connectivity index (χ0v) is 15.5. The molecule has 0 aromatic heterocycles. The Bertz CT molecular complexity index is 745. The molecule has 1 aliphatic rings. The van der Waals surface area contributed by atoms with E-state index in [1.807, 2.05) is 25.1 Å². The van der Waals surface area contributed by atoms with Crippen LogP contribution in [0.5, 0.6) is 0 Å². The van der Waals surface area contributed by atoms with E-state index in [4.69, 9.17) is 11.6 Å². The number of hydrogen-bond acceptors (Lipinski definition) is 3. The molecule has 1 fully saturated rings. The summed E-state index contributed by atoms with van der Waals surface area (Å²) in [5.74, 6) is -0.383. The summed E-state index contributed by atoms with van der Waals surface area (Å²) < 4.78 is 13.0. The minimum Gasteiger partial charge on any atom is -0.325 e. The number of carbonyl (C=O) groups excluding carboxylic acids is 1. The van der Waals surface area contributed by atoms with Crippen molar-refractivity contribution in [1.29, 1.82) is 0 Å². The van der Waals surface area contributed by atoms with Crippen LogP contribution in [0.4, 0.5) is 10.1 Å². The highest BCUT2D eigenvalue weighted by Gasteiger charge is 2.25. The molecule has 4 nitrogen and oxygen atoms in total. The van der Waals surface area contributed by atoms with Crippen molar-refractivity contribution in [3.63, 3.8) is 0 Å². The molecule has 2 aromatic carbocycles. The molecule has 0 saturated carbocycles. The van der Waals surface area contributed by atoms with Crippen LogP contribution in [0.1, 0.15) is 12.5 Å². The van der Waals surface area contributed by atoms with Crippen molar-refractivity contribution in [2.75, 3.05) is 31.5 Å². The van der Waals surface area contributed by atoms with E-state index in [1.165, 1.54) is 17.7 Å². The Kier molecular flexibility index (Phi) is 6.25. The van der Waals surface area contributed by atoms with Gasteiger partial charge in [-0.2, -0.15) is 0 Å². The topological polar surface area (TPSA) is 35.6 Å². The highest BCUT2D eigenvalue weighted by molar-refractivity contribution is 6.30. The lowest BCUT2D eigenvalue weighted by molar-refractivity contribution is -0.121. The van der Waals surface area contributed by atoms with Crippen LogP contribution in [-0.2, 0) is 11.3 Å². The van der Waals surface area contributed by atoms with Crippen LogP contribution in [0.25, 0.3) is 0 Å². The zero-order chi connectivity index (χ0) is 18.5. The number of amides is 1. The fourth-order valence-electron chi connectivity index (χ4n) is 3.15. The van der Waals surface area contributed by atoms with Gasteiger partial charge in [0.25, 0.3) is 0 Å². The Balaban J connectivity index is 1.49. The largest absolute Gasteiger partial charge is 0.325 e. The van der Waals surface area contributed by atoms with Crippen molar-refractivity contribution in [2.45, 2.75) is 19.5 Å². The van der Waals surface area contributed by atoms with Crippen LogP contribution < -0.4 is 5.32 Å². The van der Waals surface area contributed by atoms with Gasteiger partial charge in [-0.1, -0.05) is 23.7 Å². The zero-order valence-electron chi connectivity index (χ0n) is 14.8. The average Bonchev–Trinajstić information content (AvgIpc) is 2.64. The maximum atomic E-state index is 13.0. The van der Waals surface area contributed by atoms with Crippen LogP contribution >= 0.6 is 11.6 Å². The van der Waals surface area contributed by atoms with E-state index < -0.39 is 0 Å². The molecule has 0 radical (unpaired) electrons. The summed E-state index contributed by atoms with van der Waals surface area (Å²) >= 11 is 6.05. The summed E-state index contributed by atoms with van der Waals surface area (Å²) in [5, 5.41) is 3.60. The van der Waals surface area contributed by atoms with E-state index in [1.54, 1.807) is 12.1 Å². The van der Waals surface area contributed by atoms with Crippen molar-refractivity contribution in [3.8, 4) is 0 Å². The monoisotopic (exact) mass is 375 g/mol. The second-order valence-corrected chi connectivity index (χ2v) is 7.05. The fourth-order valence-corrected chi connectivity index (χ4v) is 3.36. The van der Waals surface area contributed by atoms with Crippen LogP contribution in [0.2, 0.25) is 5.02 Å². The highest BCUT2D eigenvalue weighted by Crippen LogP contribution is 2.15. The van der Waals surface area contributed by atoms with E-state index in [-0.39, 0.29) is 17.8 Å². The van der Waals surface area contributed by atoms with Gasteiger partial charge in [0.05, 0.1) is 6.04 Å². The molecule has 0 spiro atoms. The Labute approximate surface area is 158 Å². The number of carbonyl (C=O) groups is 1. The molecule has 138 valence electrons. The fraction of sp³-hybridized carbons (Fsp3) is 0.350. The number of halogens is 2. The third-order valence-corrected chi connectivity index (χ3v) is 4.98. The third kappa shape index (κ3) is 5.04. The predicted octanol–water partition coefficient (Wildman–Crippen LogP) is 3.62. The van der Waals surface area contributed by atoms with Crippen molar-refractivity contribution in [3.05, 3.63) is 64.9 Å². The van der Waals surface area contributed by atoms with Gasteiger partial charge in [0.15, 0.2) is 0 Å². The van der Waals surface area contributed by atoms with Crippen molar-refractivity contribution in [2.24, 2.45) is 0 Å². The summed E-state index contributed by atoms with van der Waals surface area (Å²) in [6, 6.07) is 13.5. The van der Waals surface area contributed by atoms with Gasteiger partial charge in [-0.15, -0.1) is 0 Å². The van der Waals surface area contributed by atoms with Gasteiger partial charge in [0.2, 0.25) is 5.91 Å². The number of nitrogens with zero attached hydrogens (tertiary/aromatic N) is 2. The summed E-state index contributed by atoms with van der Waals surface area (Å²) in [4.78, 5) is 17.0. The first-order valence-corrected chi connectivity index (χ1v) is 9.16. The lowest BCUT2D eigenvalue weighted by Gasteiger charge is -2.37. The van der Waals surface area contributed by atoms with Crippen LogP contribution in [0.3, 0.4) is 0 Å². The minimum atomic E-state index is -0.313. The number of benzene rings is 2. The Hall–Kier alpha value is -1.95. The number of anilines is 1. The number of hydrogen-bond donors (Lipinski definition) is 1. The molecule has 1 amide bonds. The third-order valence-electron chi connectivity index (χ3n) is 4.74. The molecule has 0 unspecified atom stereocenters. The van der Waals surface area contributed by atoms with Gasteiger partial charge in [-0.25, -0.2) is 4.39 Å². The quantitative estimate of drug-likeness (QED) is 0.866. The maximum absolute atomic E-state index is 13.0. The lowest BCUT2D eigenvalue weighted by atomic mass is 10.1. The molecule has 26 heavy (non-hydrogen) atoms. The van der Waals surface area contributed by atoms with E-state index in [0.717, 1.165) is 37.7 Å². The summed E-state index contributed by atoms with van der Waals surface area (Å²) in [6.45, 7) is 6.24. The van der Waals surface area contributed by atoms with Gasteiger partial charge in [-0.05, 0) is 48.9 Å². The van der Waals surface area contributed by atoms with E-state index >= 15 is 0 Å². The second kappa shape index (κ2) is 8.62. The number of piperazine rings is 1. The van der Waals surface area contributed by atoms with Crippen molar-refractivity contribution >= 4 is 23.2 Å². The van der Waals surface area contributed by atoms with Gasteiger partial charge in [-0.3, -0.25) is 14.6 Å². The minimum absolute atomic E-state index is 0.0695. The summed E-state index contributed by atoms with van der Waals surface area (Å²) in [5.41, 5.74) is 1.82. The van der Waals surface area contributed by atoms with Gasteiger partial charge in [0.1, 0.15) is 5.82 Å². The molecule has 1 aliphatic heterocycles. The molecule has 1 saturated heterocycles. The van der Waals surface area contributed by atoms with E-state index in [0.29, 0.717) is 5.69 Å². The van der Waals surface area contributed by atoms with Gasteiger partial charge in [0, 0.05) is 43.4 Å². The van der Waals surface area contributed by atoms with Gasteiger partial charge >= 0.3 is 0 Å². The average molecular weight is 376 g/mol. The lowest BCUT2D eigenvalue weighted by Crippen LogP contribution is -2.52. The normalized spacial score (nSPS) is 17.0. The Morgan fingerprint density at radius 3 is 2.50 bits per heavy atom. The molecule has 0 aliphatic carbocycles. The first-order valence-electron chi connectivity index (χ1n) is 8.78. The number of nitrogens with one attached hydrogen (secondary N) is 1. The Morgan fingerprint density at radius 1 is 1.15 bits per heavy atom. The van der Waals surface area contributed by atoms with E-state index in [9.17, 15) is 9.18 Å². The highest BCUT2D eigenvalue weighted by atomic mass is 35.5. The van der Waals surface area contributed by atoms with Crippen molar-refractivity contribution in [1.82, 2.24) is 9.80 Å². The molecule has 3 rings (SSSR count). The van der Waals surface area contributed by atoms with Gasteiger partial charge < -0.3 is 5.32 Å². The molecular weight excluding hydrogens is 353 g/mol. The first-order chi connectivity index (χ1) is 12.5.